The van der Waals surface area contributed by atoms with E-state index in [0.717, 1.165) is 22.3 Å². The van der Waals surface area contributed by atoms with Crippen LogP contribution in [0.5, 0.6) is 5.75 Å². The van der Waals surface area contributed by atoms with Gasteiger partial charge in [0.15, 0.2) is 0 Å². The molecule has 1 aromatic heterocycles. The first-order valence-corrected chi connectivity index (χ1v) is 7.97. The first-order valence-electron chi connectivity index (χ1n) is 7.97. The minimum Gasteiger partial charge on any atom is -0.492 e. The molecule has 122 valence electrons. The van der Waals surface area contributed by atoms with E-state index in [4.69, 9.17) is 4.74 Å². The number of carbonyl (C=O) groups excluding carboxylic acids is 1. The molecule has 0 fully saturated rings. The number of aromatic nitrogens is 1. The van der Waals surface area contributed by atoms with E-state index in [1.165, 1.54) is 5.56 Å². The minimum absolute atomic E-state index is 0.107. The van der Waals surface area contributed by atoms with Gasteiger partial charge >= 0.3 is 0 Å². The summed E-state index contributed by atoms with van der Waals surface area (Å²) in [5.74, 6) is 0.698. The Morgan fingerprint density at radius 3 is 2.62 bits per heavy atom. The first-order chi connectivity index (χ1) is 11.6. The number of carbonyl (C=O) groups is 1. The van der Waals surface area contributed by atoms with Gasteiger partial charge in [0.1, 0.15) is 12.4 Å². The van der Waals surface area contributed by atoms with Gasteiger partial charge in [0.05, 0.1) is 17.6 Å². The molecule has 0 unspecified atom stereocenters. The average molecular weight is 320 g/mol. The van der Waals surface area contributed by atoms with Gasteiger partial charge in [0.25, 0.3) is 5.91 Å². The minimum atomic E-state index is -0.107. The molecule has 1 amide bonds. The number of amides is 1. The number of nitrogens with zero attached hydrogens (tertiary/aromatic N) is 1. The van der Waals surface area contributed by atoms with Gasteiger partial charge in [0.2, 0.25) is 0 Å². The van der Waals surface area contributed by atoms with Crippen LogP contribution >= 0.6 is 0 Å². The van der Waals surface area contributed by atoms with Crippen molar-refractivity contribution in [3.05, 3.63) is 71.4 Å². The van der Waals surface area contributed by atoms with Crippen LogP contribution in [0.2, 0.25) is 0 Å². The number of aryl methyl sites for hydroxylation is 2. The summed E-state index contributed by atoms with van der Waals surface area (Å²) in [5.41, 5.74) is 3.50. The third-order valence-corrected chi connectivity index (χ3v) is 3.77. The van der Waals surface area contributed by atoms with Crippen LogP contribution < -0.4 is 10.1 Å². The van der Waals surface area contributed by atoms with E-state index >= 15 is 0 Å². The van der Waals surface area contributed by atoms with Gasteiger partial charge in [-0.25, -0.2) is 0 Å². The molecule has 0 spiro atoms. The smallest absolute Gasteiger partial charge is 0.252 e. The summed E-state index contributed by atoms with van der Waals surface area (Å²) in [6.07, 6.45) is 0. The van der Waals surface area contributed by atoms with Gasteiger partial charge in [0, 0.05) is 11.1 Å². The van der Waals surface area contributed by atoms with Crippen molar-refractivity contribution in [3.8, 4) is 5.75 Å². The van der Waals surface area contributed by atoms with Crippen molar-refractivity contribution in [2.45, 2.75) is 13.8 Å². The molecule has 3 rings (SSSR count). The normalized spacial score (nSPS) is 10.6. The highest BCUT2D eigenvalue weighted by atomic mass is 16.5. The van der Waals surface area contributed by atoms with Crippen molar-refractivity contribution < 1.29 is 9.53 Å². The lowest BCUT2D eigenvalue weighted by atomic mass is 10.1. The van der Waals surface area contributed by atoms with Crippen molar-refractivity contribution in [2.24, 2.45) is 0 Å². The highest BCUT2D eigenvalue weighted by molar-refractivity contribution is 6.06. The van der Waals surface area contributed by atoms with Crippen molar-refractivity contribution >= 4 is 16.8 Å². The Labute approximate surface area is 141 Å². The number of hydrogen-bond donors (Lipinski definition) is 1. The SMILES string of the molecule is Cc1ccc(OCCNC(=O)c2cc(C)nc3ccccc23)cc1. The molecular formula is C20H20N2O2. The van der Waals surface area contributed by atoms with Gasteiger partial charge in [-0.1, -0.05) is 35.9 Å². The van der Waals surface area contributed by atoms with Gasteiger partial charge in [-0.3, -0.25) is 9.78 Å². The summed E-state index contributed by atoms with van der Waals surface area (Å²) in [7, 11) is 0. The van der Waals surface area contributed by atoms with E-state index in [1.807, 2.05) is 68.4 Å². The van der Waals surface area contributed by atoms with Crippen molar-refractivity contribution in [1.29, 1.82) is 0 Å². The summed E-state index contributed by atoms with van der Waals surface area (Å²) in [5, 5.41) is 3.77. The maximum absolute atomic E-state index is 12.5. The van der Waals surface area contributed by atoms with Crippen LogP contribution in [-0.2, 0) is 0 Å². The molecule has 24 heavy (non-hydrogen) atoms. The molecule has 0 saturated heterocycles. The Morgan fingerprint density at radius 2 is 1.83 bits per heavy atom. The molecule has 4 nitrogen and oxygen atoms in total. The molecule has 2 aromatic carbocycles. The highest BCUT2D eigenvalue weighted by Gasteiger charge is 2.11. The Bertz CT molecular complexity index is 857. The van der Waals surface area contributed by atoms with Gasteiger partial charge in [-0.15, -0.1) is 0 Å². The quantitative estimate of drug-likeness (QED) is 0.730. The third kappa shape index (κ3) is 3.71. The molecule has 0 atom stereocenters. The molecule has 0 aliphatic carbocycles. The van der Waals surface area contributed by atoms with Crippen LogP contribution in [0.25, 0.3) is 10.9 Å². The molecule has 0 aliphatic rings. The number of nitrogens with one attached hydrogen (secondary N) is 1. The standard InChI is InChI=1S/C20H20N2O2/c1-14-7-9-16(10-8-14)24-12-11-21-20(23)18-13-15(2)22-19-6-4-3-5-17(18)19/h3-10,13H,11-12H2,1-2H3,(H,21,23). The fourth-order valence-electron chi connectivity index (χ4n) is 2.56. The average Bonchev–Trinajstić information content (AvgIpc) is 2.59. The highest BCUT2D eigenvalue weighted by Crippen LogP contribution is 2.18. The number of pyridine rings is 1. The molecule has 0 bridgehead atoms. The van der Waals surface area contributed by atoms with Crippen LogP contribution in [0, 0.1) is 13.8 Å². The summed E-state index contributed by atoms with van der Waals surface area (Å²) < 4.78 is 5.63. The number of rotatable bonds is 5. The third-order valence-electron chi connectivity index (χ3n) is 3.77. The number of benzene rings is 2. The molecule has 4 heteroatoms. The number of ether oxygens (including phenoxy) is 1. The molecule has 0 radical (unpaired) electrons. The van der Waals surface area contributed by atoms with Crippen LogP contribution in [0.4, 0.5) is 0 Å². The summed E-state index contributed by atoms with van der Waals surface area (Å²) >= 11 is 0. The van der Waals surface area contributed by atoms with Gasteiger partial charge in [-0.05, 0) is 38.1 Å². The summed E-state index contributed by atoms with van der Waals surface area (Å²) in [6.45, 7) is 4.80. The lowest BCUT2D eigenvalue weighted by Gasteiger charge is -2.10. The summed E-state index contributed by atoms with van der Waals surface area (Å²) in [6, 6.07) is 17.3. The maximum Gasteiger partial charge on any atom is 0.252 e. The Hall–Kier alpha value is -2.88. The van der Waals surface area contributed by atoms with Crippen molar-refractivity contribution in [1.82, 2.24) is 10.3 Å². The maximum atomic E-state index is 12.5. The van der Waals surface area contributed by atoms with Gasteiger partial charge in [-0.2, -0.15) is 0 Å². The zero-order valence-corrected chi connectivity index (χ0v) is 13.9. The molecule has 1 N–H and O–H groups in total. The Kier molecular flexibility index (Phi) is 4.75. The second kappa shape index (κ2) is 7.13. The van der Waals surface area contributed by atoms with Crippen LogP contribution in [0.1, 0.15) is 21.6 Å². The second-order valence-corrected chi connectivity index (χ2v) is 5.75. The van der Waals surface area contributed by atoms with Crippen molar-refractivity contribution in [3.63, 3.8) is 0 Å². The van der Waals surface area contributed by atoms with E-state index in [2.05, 4.69) is 10.3 Å². The van der Waals surface area contributed by atoms with Crippen LogP contribution in [-0.4, -0.2) is 24.0 Å². The molecule has 0 saturated carbocycles. The second-order valence-electron chi connectivity index (χ2n) is 5.75. The molecule has 1 heterocycles. The van der Waals surface area contributed by atoms with E-state index in [9.17, 15) is 4.79 Å². The predicted molar refractivity (Wildman–Crippen MR) is 95.5 cm³/mol. The largest absolute Gasteiger partial charge is 0.492 e. The Balaban J connectivity index is 1.62. The van der Waals surface area contributed by atoms with Crippen LogP contribution in [0.3, 0.4) is 0 Å². The number of fused-ring (bicyclic) bond motifs is 1. The zero-order valence-electron chi connectivity index (χ0n) is 13.9. The van der Waals surface area contributed by atoms with E-state index in [0.29, 0.717) is 18.7 Å². The first kappa shape index (κ1) is 16.0. The lowest BCUT2D eigenvalue weighted by molar-refractivity contribution is 0.0948. The molecule has 3 aromatic rings. The predicted octanol–water partition coefficient (Wildman–Crippen LogP) is 3.66. The topological polar surface area (TPSA) is 51.2 Å². The van der Waals surface area contributed by atoms with E-state index < -0.39 is 0 Å². The molecular weight excluding hydrogens is 300 g/mol. The fourth-order valence-corrected chi connectivity index (χ4v) is 2.56. The van der Waals surface area contributed by atoms with Crippen molar-refractivity contribution in [2.75, 3.05) is 13.2 Å². The Morgan fingerprint density at radius 1 is 1.08 bits per heavy atom. The van der Waals surface area contributed by atoms with E-state index in [-0.39, 0.29) is 5.91 Å². The van der Waals surface area contributed by atoms with Crippen LogP contribution in [0.15, 0.2) is 54.6 Å². The fraction of sp³-hybridized carbons (Fsp3) is 0.200. The van der Waals surface area contributed by atoms with E-state index in [1.54, 1.807) is 0 Å². The van der Waals surface area contributed by atoms with Gasteiger partial charge < -0.3 is 10.1 Å². The summed E-state index contributed by atoms with van der Waals surface area (Å²) in [4.78, 5) is 16.9. The number of para-hydroxylation sites is 1. The monoisotopic (exact) mass is 320 g/mol. The molecule has 0 aliphatic heterocycles. The number of hydrogen-bond acceptors (Lipinski definition) is 3. The lowest BCUT2D eigenvalue weighted by Crippen LogP contribution is -2.28. The zero-order chi connectivity index (χ0) is 16.9.